The maximum Gasteiger partial charge on any atom is 0.335 e. The number of rotatable bonds is 2. The molecular formula is C25H28O2. The number of hydrogen-bond donors (Lipinski definition) is 1. The molecule has 0 aliphatic heterocycles. The van der Waals surface area contributed by atoms with Crippen molar-refractivity contribution in [1.29, 1.82) is 0 Å². The molecule has 2 nitrogen and oxygen atoms in total. The zero-order chi connectivity index (χ0) is 18.6. The van der Waals surface area contributed by atoms with Gasteiger partial charge in [0.1, 0.15) is 0 Å². The molecule has 1 aromatic rings. The number of carboxylic acids is 1. The Kier molecular flexibility index (Phi) is 3.93. The maximum atomic E-state index is 11.6. The lowest BCUT2D eigenvalue weighted by Crippen LogP contribution is -2.38. The fraction of sp³-hybridized carbons (Fsp3) is 0.480. The van der Waals surface area contributed by atoms with Crippen LogP contribution < -0.4 is 0 Å². The third kappa shape index (κ3) is 2.64. The lowest BCUT2D eigenvalue weighted by atomic mass is 9.55. The molecule has 5 rings (SSSR count). The van der Waals surface area contributed by atoms with Crippen molar-refractivity contribution in [2.24, 2.45) is 23.2 Å². The van der Waals surface area contributed by atoms with Gasteiger partial charge < -0.3 is 5.11 Å². The molecule has 0 saturated heterocycles. The lowest BCUT2D eigenvalue weighted by Gasteiger charge is -2.49. The summed E-state index contributed by atoms with van der Waals surface area (Å²) in [6.07, 6.45) is 16.8. The number of allylic oxidation sites excluding steroid dienone is 6. The van der Waals surface area contributed by atoms with Crippen LogP contribution in [0.1, 0.15) is 67.3 Å². The molecule has 0 amide bonds. The molecule has 140 valence electrons. The van der Waals surface area contributed by atoms with Gasteiger partial charge in [0.05, 0.1) is 5.56 Å². The van der Waals surface area contributed by atoms with Crippen LogP contribution in [0.15, 0.2) is 59.7 Å². The predicted molar refractivity (Wildman–Crippen MR) is 108 cm³/mol. The average Bonchev–Trinajstić information content (AvgIpc) is 3.09. The highest BCUT2D eigenvalue weighted by Crippen LogP contribution is 2.58. The molecule has 4 aliphatic rings. The van der Waals surface area contributed by atoms with E-state index in [0.717, 1.165) is 36.7 Å². The van der Waals surface area contributed by atoms with E-state index in [4.69, 9.17) is 0 Å². The normalized spacial score (nSPS) is 36.9. The van der Waals surface area contributed by atoms with Crippen LogP contribution >= 0.6 is 0 Å². The second-order valence-corrected chi connectivity index (χ2v) is 9.22. The quantitative estimate of drug-likeness (QED) is 0.689. The van der Waals surface area contributed by atoms with Crippen molar-refractivity contribution in [3.05, 3.63) is 70.8 Å². The summed E-state index contributed by atoms with van der Waals surface area (Å²) in [5, 5.41) is 9.57. The minimum atomic E-state index is -0.786. The summed E-state index contributed by atoms with van der Waals surface area (Å²) in [7, 11) is 0. The Hall–Kier alpha value is -2.09. The molecule has 2 saturated carbocycles. The minimum absolute atomic E-state index is 0.271. The SMILES string of the molecule is C[C@@]12C=CC=C1C1=CCC3CC(c4ccccc4C(=O)O)CC[C@@H]3[C@H]1CC2. The first kappa shape index (κ1) is 17.0. The van der Waals surface area contributed by atoms with Crippen LogP contribution in [0.3, 0.4) is 0 Å². The van der Waals surface area contributed by atoms with E-state index in [1.807, 2.05) is 18.2 Å². The smallest absolute Gasteiger partial charge is 0.335 e. The number of hydrogen-bond acceptors (Lipinski definition) is 1. The second kappa shape index (κ2) is 6.22. The van der Waals surface area contributed by atoms with E-state index in [1.54, 1.807) is 17.2 Å². The van der Waals surface area contributed by atoms with Gasteiger partial charge in [-0.15, -0.1) is 0 Å². The molecule has 5 atom stereocenters. The Labute approximate surface area is 161 Å². The van der Waals surface area contributed by atoms with Gasteiger partial charge in [-0.25, -0.2) is 4.79 Å². The molecular weight excluding hydrogens is 332 g/mol. The largest absolute Gasteiger partial charge is 0.478 e. The van der Waals surface area contributed by atoms with Crippen LogP contribution in [0.5, 0.6) is 0 Å². The topological polar surface area (TPSA) is 37.3 Å². The van der Waals surface area contributed by atoms with E-state index in [-0.39, 0.29) is 5.41 Å². The highest BCUT2D eigenvalue weighted by molar-refractivity contribution is 5.89. The van der Waals surface area contributed by atoms with Crippen molar-refractivity contribution in [1.82, 2.24) is 0 Å². The Morgan fingerprint density at radius 3 is 2.89 bits per heavy atom. The van der Waals surface area contributed by atoms with Crippen LogP contribution in [-0.2, 0) is 0 Å². The molecule has 0 radical (unpaired) electrons. The van der Waals surface area contributed by atoms with E-state index in [1.165, 1.54) is 19.3 Å². The molecule has 0 spiro atoms. The molecule has 0 bridgehead atoms. The third-order valence-electron chi connectivity index (χ3n) is 7.86. The van der Waals surface area contributed by atoms with Gasteiger partial charge in [-0.3, -0.25) is 0 Å². The highest BCUT2D eigenvalue weighted by Gasteiger charge is 2.46. The second-order valence-electron chi connectivity index (χ2n) is 9.22. The fourth-order valence-corrected chi connectivity index (χ4v) is 6.49. The number of carboxylic acid groups (broad SMARTS) is 1. The molecule has 1 N–H and O–H groups in total. The van der Waals surface area contributed by atoms with Crippen molar-refractivity contribution < 1.29 is 9.90 Å². The Balaban J connectivity index is 1.40. The van der Waals surface area contributed by atoms with E-state index >= 15 is 0 Å². The number of benzene rings is 1. The van der Waals surface area contributed by atoms with Crippen LogP contribution in [0.2, 0.25) is 0 Å². The maximum absolute atomic E-state index is 11.6. The summed E-state index contributed by atoms with van der Waals surface area (Å²) in [6, 6.07) is 7.65. The van der Waals surface area contributed by atoms with Gasteiger partial charge in [0, 0.05) is 5.41 Å². The fourth-order valence-electron chi connectivity index (χ4n) is 6.49. The van der Waals surface area contributed by atoms with Gasteiger partial charge in [0.15, 0.2) is 0 Å². The number of carbonyl (C=O) groups is 1. The third-order valence-corrected chi connectivity index (χ3v) is 7.86. The summed E-state index contributed by atoms with van der Waals surface area (Å²) in [5.74, 6) is 1.82. The van der Waals surface area contributed by atoms with E-state index < -0.39 is 5.97 Å². The molecule has 2 unspecified atom stereocenters. The van der Waals surface area contributed by atoms with E-state index in [9.17, 15) is 9.90 Å². The van der Waals surface area contributed by atoms with Crippen molar-refractivity contribution in [3.63, 3.8) is 0 Å². The van der Waals surface area contributed by atoms with Crippen molar-refractivity contribution >= 4 is 5.97 Å². The van der Waals surface area contributed by atoms with Crippen molar-refractivity contribution in [2.45, 2.75) is 51.4 Å². The summed E-state index contributed by atoms with van der Waals surface area (Å²) >= 11 is 0. The van der Waals surface area contributed by atoms with Gasteiger partial charge in [0.25, 0.3) is 0 Å². The van der Waals surface area contributed by atoms with Crippen LogP contribution in [0, 0.1) is 23.2 Å². The van der Waals surface area contributed by atoms with Gasteiger partial charge >= 0.3 is 5.97 Å². The summed E-state index contributed by atoms with van der Waals surface area (Å²) in [5.41, 5.74) is 5.04. The first-order chi connectivity index (χ1) is 13.1. The standard InChI is InChI=1S/C25H28O2/c1-25-13-4-7-23(25)21-11-9-17-15-16(8-10-19(17)20(21)12-14-25)18-5-2-3-6-22(18)24(26)27/h2-7,11,13,16-17,19-20H,8-10,12,14-15H2,1H3,(H,26,27)/t16?,17?,19-,20+,25-/m0/s1. The van der Waals surface area contributed by atoms with Crippen LogP contribution in [-0.4, -0.2) is 11.1 Å². The molecule has 2 heteroatoms. The first-order valence-electron chi connectivity index (χ1n) is 10.5. The summed E-state index contributed by atoms with van der Waals surface area (Å²) < 4.78 is 0. The van der Waals surface area contributed by atoms with Crippen LogP contribution in [0.25, 0.3) is 0 Å². The molecule has 4 aliphatic carbocycles. The molecule has 2 fully saturated rings. The number of aromatic carboxylic acids is 1. The number of fused-ring (bicyclic) bond motifs is 5. The van der Waals surface area contributed by atoms with Gasteiger partial charge in [-0.2, -0.15) is 0 Å². The highest BCUT2D eigenvalue weighted by atomic mass is 16.4. The minimum Gasteiger partial charge on any atom is -0.478 e. The first-order valence-corrected chi connectivity index (χ1v) is 10.5. The van der Waals surface area contributed by atoms with E-state index in [0.29, 0.717) is 17.4 Å². The Bertz CT molecular complexity index is 874. The zero-order valence-corrected chi connectivity index (χ0v) is 16.0. The van der Waals surface area contributed by atoms with Gasteiger partial charge in [0.2, 0.25) is 0 Å². The lowest BCUT2D eigenvalue weighted by molar-refractivity contribution is 0.0693. The zero-order valence-electron chi connectivity index (χ0n) is 16.0. The predicted octanol–water partition coefficient (Wildman–Crippen LogP) is 6.13. The van der Waals surface area contributed by atoms with Gasteiger partial charge in [-0.05, 0) is 85.0 Å². The molecule has 1 aromatic carbocycles. The van der Waals surface area contributed by atoms with Crippen molar-refractivity contribution in [2.75, 3.05) is 0 Å². The average molecular weight is 360 g/mol. The monoisotopic (exact) mass is 360 g/mol. The summed E-state index contributed by atoms with van der Waals surface area (Å²) in [6.45, 7) is 2.39. The Morgan fingerprint density at radius 2 is 2.04 bits per heavy atom. The molecule has 0 heterocycles. The van der Waals surface area contributed by atoms with Gasteiger partial charge in [-0.1, -0.05) is 49.4 Å². The molecule has 27 heavy (non-hydrogen) atoms. The molecule has 0 aromatic heterocycles. The van der Waals surface area contributed by atoms with Crippen LogP contribution in [0.4, 0.5) is 0 Å². The Morgan fingerprint density at radius 1 is 1.19 bits per heavy atom. The van der Waals surface area contributed by atoms with Crippen molar-refractivity contribution in [3.8, 4) is 0 Å². The summed E-state index contributed by atoms with van der Waals surface area (Å²) in [4.78, 5) is 11.6. The van der Waals surface area contributed by atoms with E-state index in [2.05, 4.69) is 31.2 Å².